The third-order valence-electron chi connectivity index (χ3n) is 2.68. The Hall–Kier alpha value is -0.370. The molecule has 1 fully saturated rings. The lowest BCUT2D eigenvalue weighted by Crippen LogP contribution is -2.30. The molecule has 12 heavy (non-hydrogen) atoms. The van der Waals surface area contributed by atoms with Crippen LogP contribution in [0.15, 0.2) is 11.9 Å². The van der Waals surface area contributed by atoms with Crippen molar-refractivity contribution in [2.45, 2.75) is 32.7 Å². The highest BCUT2D eigenvalue weighted by atomic mass is 19.1. The minimum Gasteiger partial charge on any atom is -0.303 e. The van der Waals surface area contributed by atoms with Crippen molar-refractivity contribution in [3.63, 3.8) is 0 Å². The maximum atomic E-state index is 12.6. The quantitative estimate of drug-likeness (QED) is 0.617. The molecular formula is C10H18FN. The summed E-state index contributed by atoms with van der Waals surface area (Å²) in [7, 11) is 2.12. The van der Waals surface area contributed by atoms with Crippen LogP contribution >= 0.6 is 0 Å². The molecule has 0 bridgehead atoms. The predicted octanol–water partition coefficient (Wildman–Crippen LogP) is 2.59. The highest BCUT2D eigenvalue weighted by Gasteiger charge is 2.24. The first kappa shape index (κ1) is 9.72. The minimum absolute atomic E-state index is 0.0530. The van der Waals surface area contributed by atoms with Gasteiger partial charge in [0.2, 0.25) is 0 Å². The van der Waals surface area contributed by atoms with Gasteiger partial charge in [-0.05, 0) is 45.4 Å². The van der Waals surface area contributed by atoms with Crippen LogP contribution in [0.2, 0.25) is 0 Å². The second kappa shape index (κ2) is 4.04. The van der Waals surface area contributed by atoms with E-state index in [4.69, 9.17) is 0 Å². The molecule has 1 nitrogen and oxygen atoms in total. The molecule has 0 amide bonds. The normalized spacial score (nSPS) is 29.3. The van der Waals surface area contributed by atoms with E-state index < -0.39 is 0 Å². The molecule has 1 saturated heterocycles. The molecule has 0 spiro atoms. The van der Waals surface area contributed by atoms with Crippen LogP contribution in [0.5, 0.6) is 0 Å². The smallest absolute Gasteiger partial charge is 0.0932 e. The van der Waals surface area contributed by atoms with Gasteiger partial charge in [-0.3, -0.25) is 0 Å². The van der Waals surface area contributed by atoms with Crippen molar-refractivity contribution >= 4 is 0 Å². The van der Waals surface area contributed by atoms with Crippen LogP contribution in [0.25, 0.3) is 0 Å². The lowest BCUT2D eigenvalue weighted by molar-refractivity contribution is 0.264. The molecule has 1 rings (SSSR count). The Bertz CT molecular complexity index is 173. The molecule has 0 aromatic carbocycles. The van der Waals surface area contributed by atoms with E-state index in [0.29, 0.717) is 12.0 Å². The topological polar surface area (TPSA) is 3.24 Å². The second-order valence-corrected chi connectivity index (χ2v) is 3.80. The molecule has 0 radical (unpaired) electrons. The Morgan fingerprint density at radius 3 is 2.75 bits per heavy atom. The number of likely N-dealkylation sites (tertiary alicyclic amines) is 1. The molecule has 1 aliphatic rings. The molecular weight excluding hydrogens is 153 g/mol. The molecule has 1 heterocycles. The molecule has 1 aliphatic heterocycles. The first-order valence-corrected chi connectivity index (χ1v) is 4.65. The van der Waals surface area contributed by atoms with Crippen LogP contribution in [-0.4, -0.2) is 24.5 Å². The van der Waals surface area contributed by atoms with E-state index in [9.17, 15) is 4.39 Å². The van der Waals surface area contributed by atoms with Crippen LogP contribution in [-0.2, 0) is 0 Å². The lowest BCUT2D eigenvalue weighted by Gasteiger charge is -2.23. The van der Waals surface area contributed by atoms with Gasteiger partial charge >= 0.3 is 0 Å². The van der Waals surface area contributed by atoms with Crippen molar-refractivity contribution in [1.82, 2.24) is 4.90 Å². The summed E-state index contributed by atoms with van der Waals surface area (Å²) in [5, 5.41) is 0. The summed E-state index contributed by atoms with van der Waals surface area (Å²) in [6, 6.07) is 0.552. The Balaban J connectivity index is 2.51. The van der Waals surface area contributed by atoms with E-state index in [0.717, 1.165) is 6.54 Å². The number of hydrogen-bond donors (Lipinski definition) is 0. The van der Waals surface area contributed by atoms with Crippen LogP contribution in [0.1, 0.15) is 26.7 Å². The number of hydrogen-bond acceptors (Lipinski definition) is 1. The van der Waals surface area contributed by atoms with E-state index in [-0.39, 0.29) is 5.83 Å². The van der Waals surface area contributed by atoms with Crippen LogP contribution in [0.3, 0.4) is 0 Å². The van der Waals surface area contributed by atoms with Crippen molar-refractivity contribution in [3.05, 3.63) is 11.9 Å². The third kappa shape index (κ3) is 2.31. The van der Waals surface area contributed by atoms with Crippen LogP contribution in [0, 0.1) is 5.92 Å². The van der Waals surface area contributed by atoms with Crippen LogP contribution < -0.4 is 0 Å². The van der Waals surface area contributed by atoms with Gasteiger partial charge in [0.1, 0.15) is 0 Å². The molecule has 0 saturated carbocycles. The van der Waals surface area contributed by atoms with Gasteiger partial charge in [0.15, 0.2) is 0 Å². The highest BCUT2D eigenvalue weighted by molar-refractivity contribution is 4.97. The minimum atomic E-state index is -0.0530. The standard InChI is InChI=1S/C10H18FN/c1-8(7-9(2)11)10-5-4-6-12(10)3/h7-8,10H,4-6H2,1-3H3/b9-7+. The maximum Gasteiger partial charge on any atom is 0.0932 e. The van der Waals surface area contributed by atoms with Crippen molar-refractivity contribution in [2.24, 2.45) is 5.92 Å². The summed E-state index contributed by atoms with van der Waals surface area (Å²) < 4.78 is 12.6. The van der Waals surface area contributed by atoms with Gasteiger partial charge in [0, 0.05) is 6.04 Å². The van der Waals surface area contributed by atoms with Gasteiger partial charge in [0.25, 0.3) is 0 Å². The Kier molecular flexibility index (Phi) is 3.27. The van der Waals surface area contributed by atoms with Crippen molar-refractivity contribution < 1.29 is 4.39 Å². The zero-order valence-corrected chi connectivity index (χ0v) is 8.18. The lowest BCUT2D eigenvalue weighted by atomic mass is 9.99. The van der Waals surface area contributed by atoms with Crippen molar-refractivity contribution in [3.8, 4) is 0 Å². The summed E-state index contributed by atoms with van der Waals surface area (Å²) in [4.78, 5) is 2.32. The summed E-state index contributed by atoms with van der Waals surface area (Å²) >= 11 is 0. The molecule has 0 aliphatic carbocycles. The molecule has 70 valence electrons. The number of nitrogens with zero attached hydrogens (tertiary/aromatic N) is 1. The third-order valence-corrected chi connectivity index (χ3v) is 2.68. The Morgan fingerprint density at radius 1 is 1.67 bits per heavy atom. The molecule has 0 aromatic heterocycles. The summed E-state index contributed by atoms with van der Waals surface area (Å²) in [5.41, 5.74) is 0. The molecule has 2 atom stereocenters. The fourth-order valence-electron chi connectivity index (χ4n) is 2.07. The maximum absolute atomic E-state index is 12.6. The Morgan fingerprint density at radius 2 is 2.33 bits per heavy atom. The number of allylic oxidation sites excluding steroid dienone is 1. The van der Waals surface area contributed by atoms with E-state index in [1.807, 2.05) is 0 Å². The van der Waals surface area contributed by atoms with E-state index in [1.165, 1.54) is 19.8 Å². The molecule has 2 unspecified atom stereocenters. The first-order valence-electron chi connectivity index (χ1n) is 4.65. The van der Waals surface area contributed by atoms with Gasteiger partial charge in [-0.15, -0.1) is 0 Å². The highest BCUT2D eigenvalue weighted by Crippen LogP contribution is 2.23. The summed E-state index contributed by atoms with van der Waals surface area (Å²) in [6.07, 6.45) is 4.19. The first-order chi connectivity index (χ1) is 5.61. The number of rotatable bonds is 2. The second-order valence-electron chi connectivity index (χ2n) is 3.80. The van der Waals surface area contributed by atoms with Gasteiger partial charge in [-0.2, -0.15) is 0 Å². The fraction of sp³-hybridized carbons (Fsp3) is 0.800. The average molecular weight is 171 g/mol. The van der Waals surface area contributed by atoms with Gasteiger partial charge in [-0.25, -0.2) is 4.39 Å². The van der Waals surface area contributed by atoms with Gasteiger partial charge in [0.05, 0.1) is 5.83 Å². The largest absolute Gasteiger partial charge is 0.303 e. The molecule has 0 N–H and O–H groups in total. The van der Waals surface area contributed by atoms with E-state index in [2.05, 4.69) is 18.9 Å². The van der Waals surface area contributed by atoms with E-state index in [1.54, 1.807) is 6.08 Å². The Labute approximate surface area is 74.3 Å². The van der Waals surface area contributed by atoms with Crippen LogP contribution in [0.4, 0.5) is 4.39 Å². The zero-order valence-electron chi connectivity index (χ0n) is 8.18. The fourth-order valence-corrected chi connectivity index (χ4v) is 2.07. The molecule has 2 heteroatoms. The predicted molar refractivity (Wildman–Crippen MR) is 49.7 cm³/mol. The monoisotopic (exact) mass is 171 g/mol. The number of halogens is 1. The van der Waals surface area contributed by atoms with Gasteiger partial charge in [-0.1, -0.05) is 6.92 Å². The zero-order chi connectivity index (χ0) is 9.14. The molecule has 0 aromatic rings. The van der Waals surface area contributed by atoms with Crippen molar-refractivity contribution in [1.29, 1.82) is 0 Å². The van der Waals surface area contributed by atoms with Crippen molar-refractivity contribution in [2.75, 3.05) is 13.6 Å². The SMILES string of the molecule is C/C(F)=C\C(C)C1CCCN1C. The van der Waals surface area contributed by atoms with Gasteiger partial charge < -0.3 is 4.90 Å². The summed E-state index contributed by atoms with van der Waals surface area (Å²) in [5.74, 6) is 0.297. The summed E-state index contributed by atoms with van der Waals surface area (Å²) in [6.45, 7) is 4.77. The van der Waals surface area contributed by atoms with E-state index >= 15 is 0 Å². The average Bonchev–Trinajstić information content (AvgIpc) is 2.33.